The number of anilines is 1. The van der Waals surface area contributed by atoms with Gasteiger partial charge < -0.3 is 4.90 Å². The molecule has 0 saturated carbocycles. The Bertz CT molecular complexity index is 672. The third kappa shape index (κ3) is 2.84. The number of para-hydroxylation sites is 1. The van der Waals surface area contributed by atoms with Crippen molar-refractivity contribution in [3.8, 4) is 0 Å². The van der Waals surface area contributed by atoms with Gasteiger partial charge in [0.1, 0.15) is 0 Å². The van der Waals surface area contributed by atoms with Gasteiger partial charge in [-0.2, -0.15) is 0 Å². The fourth-order valence-electron chi connectivity index (χ4n) is 3.46. The molecule has 6 heteroatoms. The Morgan fingerprint density at radius 1 is 1.36 bits per heavy atom. The molecule has 2 heterocycles. The summed E-state index contributed by atoms with van der Waals surface area (Å²) in [5.74, 6) is 0.292. The first kappa shape index (κ1) is 15.3. The number of hydrogen-bond donors (Lipinski definition) is 0. The lowest BCUT2D eigenvalue weighted by molar-refractivity contribution is 0.190. The minimum absolute atomic E-state index is 0.0586. The van der Waals surface area contributed by atoms with Gasteiger partial charge in [-0.1, -0.05) is 18.2 Å². The Morgan fingerprint density at radius 2 is 2.14 bits per heavy atom. The van der Waals surface area contributed by atoms with Crippen LogP contribution in [-0.2, 0) is 16.3 Å². The van der Waals surface area contributed by atoms with Crippen LogP contribution in [0, 0.1) is 0 Å². The molecule has 0 spiro atoms. The SMILES string of the molecule is CCN(C(=O)N1CCCc2ccccc21)C1CCS(=O)(=O)C1. The number of fused-ring (bicyclic) bond motifs is 1. The minimum atomic E-state index is -2.99. The molecule has 3 rings (SSSR count). The number of hydrogen-bond acceptors (Lipinski definition) is 3. The van der Waals surface area contributed by atoms with Crippen molar-refractivity contribution < 1.29 is 13.2 Å². The molecule has 1 aromatic carbocycles. The van der Waals surface area contributed by atoms with Gasteiger partial charge in [0.2, 0.25) is 0 Å². The molecule has 0 aromatic heterocycles. The standard InChI is InChI=1S/C16H22N2O3S/c1-2-17(14-9-11-22(20,21)12-14)16(19)18-10-5-7-13-6-3-4-8-15(13)18/h3-4,6,8,14H,2,5,7,9-12H2,1H3. The van der Waals surface area contributed by atoms with Crippen molar-refractivity contribution >= 4 is 21.6 Å². The molecule has 1 fully saturated rings. The van der Waals surface area contributed by atoms with Crippen LogP contribution in [0.25, 0.3) is 0 Å². The van der Waals surface area contributed by atoms with Gasteiger partial charge in [-0.05, 0) is 37.8 Å². The maximum Gasteiger partial charge on any atom is 0.324 e. The van der Waals surface area contributed by atoms with Crippen LogP contribution in [-0.4, -0.2) is 50.0 Å². The lowest BCUT2D eigenvalue weighted by Gasteiger charge is -2.36. The number of carbonyl (C=O) groups is 1. The second-order valence-electron chi connectivity index (χ2n) is 6.01. The lowest BCUT2D eigenvalue weighted by atomic mass is 10.0. The van der Waals surface area contributed by atoms with E-state index >= 15 is 0 Å². The van der Waals surface area contributed by atoms with Crippen molar-refractivity contribution in [1.29, 1.82) is 0 Å². The van der Waals surface area contributed by atoms with Gasteiger partial charge in [-0.25, -0.2) is 13.2 Å². The second-order valence-corrected chi connectivity index (χ2v) is 8.24. The van der Waals surface area contributed by atoms with Gasteiger partial charge in [0.05, 0.1) is 11.5 Å². The molecule has 1 aromatic rings. The third-order valence-electron chi connectivity index (χ3n) is 4.58. The molecular weight excluding hydrogens is 300 g/mol. The molecule has 0 aliphatic carbocycles. The number of rotatable bonds is 2. The monoisotopic (exact) mass is 322 g/mol. The normalized spacial score (nSPS) is 23.1. The van der Waals surface area contributed by atoms with E-state index in [0.29, 0.717) is 19.5 Å². The number of benzene rings is 1. The van der Waals surface area contributed by atoms with Crippen LogP contribution in [0.5, 0.6) is 0 Å². The summed E-state index contributed by atoms with van der Waals surface area (Å²) in [6.07, 6.45) is 2.49. The highest BCUT2D eigenvalue weighted by Gasteiger charge is 2.36. The van der Waals surface area contributed by atoms with E-state index in [1.165, 1.54) is 5.56 Å². The average Bonchev–Trinajstić information content (AvgIpc) is 2.87. The van der Waals surface area contributed by atoms with Gasteiger partial charge in [-0.15, -0.1) is 0 Å². The topological polar surface area (TPSA) is 57.7 Å². The summed E-state index contributed by atoms with van der Waals surface area (Å²) < 4.78 is 23.4. The molecular formula is C16H22N2O3S. The number of sulfone groups is 1. The summed E-state index contributed by atoms with van der Waals surface area (Å²) in [4.78, 5) is 16.5. The Morgan fingerprint density at radius 3 is 2.82 bits per heavy atom. The first-order valence-corrected chi connectivity index (χ1v) is 9.70. The maximum atomic E-state index is 12.9. The van der Waals surface area contributed by atoms with Crippen molar-refractivity contribution in [3.63, 3.8) is 0 Å². The van der Waals surface area contributed by atoms with E-state index in [1.54, 1.807) is 4.90 Å². The Kier molecular flexibility index (Phi) is 4.12. The summed E-state index contributed by atoms with van der Waals surface area (Å²) in [5, 5.41) is 0. The van der Waals surface area contributed by atoms with E-state index in [4.69, 9.17) is 0 Å². The number of aryl methyl sites for hydroxylation is 1. The molecule has 1 atom stereocenters. The third-order valence-corrected chi connectivity index (χ3v) is 6.33. The fraction of sp³-hybridized carbons (Fsp3) is 0.562. The van der Waals surface area contributed by atoms with E-state index in [1.807, 2.05) is 30.0 Å². The zero-order valence-corrected chi connectivity index (χ0v) is 13.7. The van der Waals surface area contributed by atoms with E-state index in [9.17, 15) is 13.2 Å². The van der Waals surface area contributed by atoms with Gasteiger partial charge in [0.15, 0.2) is 9.84 Å². The number of nitrogens with zero attached hydrogens (tertiary/aromatic N) is 2. The largest absolute Gasteiger partial charge is 0.324 e. The Hall–Kier alpha value is -1.56. The molecule has 2 amide bonds. The van der Waals surface area contributed by atoms with Crippen molar-refractivity contribution in [3.05, 3.63) is 29.8 Å². The predicted octanol–water partition coefficient (Wildman–Crippen LogP) is 2.07. The van der Waals surface area contributed by atoms with E-state index in [2.05, 4.69) is 6.07 Å². The van der Waals surface area contributed by atoms with Crippen LogP contribution in [0.1, 0.15) is 25.3 Å². The van der Waals surface area contributed by atoms with E-state index in [0.717, 1.165) is 18.5 Å². The Balaban J connectivity index is 1.84. The van der Waals surface area contributed by atoms with Gasteiger partial charge in [0, 0.05) is 24.8 Å². The van der Waals surface area contributed by atoms with E-state index in [-0.39, 0.29) is 23.6 Å². The summed E-state index contributed by atoms with van der Waals surface area (Å²) in [7, 11) is -2.99. The molecule has 0 bridgehead atoms. The van der Waals surface area contributed by atoms with Gasteiger partial charge in [-0.3, -0.25) is 4.90 Å². The second kappa shape index (κ2) is 5.91. The zero-order valence-electron chi connectivity index (χ0n) is 12.9. The van der Waals surface area contributed by atoms with Crippen LogP contribution < -0.4 is 4.90 Å². The molecule has 5 nitrogen and oxygen atoms in total. The number of urea groups is 1. The minimum Gasteiger partial charge on any atom is -0.321 e. The zero-order chi connectivity index (χ0) is 15.7. The van der Waals surface area contributed by atoms with Crippen LogP contribution in [0.4, 0.5) is 10.5 Å². The van der Waals surface area contributed by atoms with Crippen LogP contribution in [0.2, 0.25) is 0 Å². The lowest BCUT2D eigenvalue weighted by Crippen LogP contribution is -2.50. The highest BCUT2D eigenvalue weighted by molar-refractivity contribution is 7.91. The smallest absolute Gasteiger partial charge is 0.321 e. The molecule has 0 N–H and O–H groups in total. The summed E-state index contributed by atoms with van der Waals surface area (Å²) in [5.41, 5.74) is 2.16. The highest BCUT2D eigenvalue weighted by Crippen LogP contribution is 2.29. The van der Waals surface area contributed by atoms with Crippen LogP contribution in [0.3, 0.4) is 0 Å². The number of carbonyl (C=O) groups excluding carboxylic acids is 1. The average molecular weight is 322 g/mol. The Labute approximate surface area is 131 Å². The molecule has 2 aliphatic rings. The van der Waals surface area contributed by atoms with Crippen molar-refractivity contribution in [2.75, 3.05) is 29.5 Å². The highest BCUT2D eigenvalue weighted by atomic mass is 32.2. The van der Waals surface area contributed by atoms with Crippen molar-refractivity contribution in [2.24, 2.45) is 0 Å². The molecule has 1 unspecified atom stereocenters. The molecule has 120 valence electrons. The van der Waals surface area contributed by atoms with Gasteiger partial charge >= 0.3 is 6.03 Å². The molecule has 0 radical (unpaired) electrons. The first-order valence-electron chi connectivity index (χ1n) is 7.88. The molecule has 1 saturated heterocycles. The van der Waals surface area contributed by atoms with Gasteiger partial charge in [0.25, 0.3) is 0 Å². The fourth-order valence-corrected chi connectivity index (χ4v) is 5.19. The summed E-state index contributed by atoms with van der Waals surface area (Å²) in [6.45, 7) is 3.15. The number of amides is 2. The van der Waals surface area contributed by atoms with Crippen molar-refractivity contribution in [2.45, 2.75) is 32.2 Å². The predicted molar refractivity (Wildman–Crippen MR) is 86.9 cm³/mol. The van der Waals surface area contributed by atoms with Crippen molar-refractivity contribution in [1.82, 2.24) is 4.90 Å². The quantitative estimate of drug-likeness (QED) is 0.837. The van der Waals surface area contributed by atoms with Crippen LogP contribution in [0.15, 0.2) is 24.3 Å². The van der Waals surface area contributed by atoms with E-state index < -0.39 is 9.84 Å². The summed E-state index contributed by atoms with van der Waals surface area (Å²) >= 11 is 0. The van der Waals surface area contributed by atoms with Crippen LogP contribution >= 0.6 is 0 Å². The maximum absolute atomic E-state index is 12.9. The first-order chi connectivity index (χ1) is 10.5. The summed E-state index contributed by atoms with van der Waals surface area (Å²) in [6, 6.07) is 7.74. The molecule has 2 aliphatic heterocycles. The molecule has 22 heavy (non-hydrogen) atoms.